The first-order valence-electron chi connectivity index (χ1n) is 7.36. The van der Waals surface area contributed by atoms with Crippen LogP contribution in [0.4, 0.5) is 0 Å². The van der Waals surface area contributed by atoms with E-state index >= 15 is 0 Å². The number of esters is 1. The number of carbonyl (C=O) groups is 2. The van der Waals surface area contributed by atoms with Crippen molar-refractivity contribution in [3.05, 3.63) is 35.4 Å². The summed E-state index contributed by atoms with van der Waals surface area (Å²) in [7, 11) is 0. The van der Waals surface area contributed by atoms with Gasteiger partial charge in [-0.05, 0) is 43.7 Å². The summed E-state index contributed by atoms with van der Waals surface area (Å²) in [5.74, 6) is -0.0785. The highest BCUT2D eigenvalue weighted by molar-refractivity contribution is 6.03. The SMILES string of the molecule is CCOC(=O)c1ccc(C(=O)C23CC(CC)(C2)C3)cc1. The third kappa shape index (κ3) is 1.80. The van der Waals surface area contributed by atoms with E-state index in [4.69, 9.17) is 4.74 Å². The Morgan fingerprint density at radius 3 is 2.10 bits per heavy atom. The van der Waals surface area contributed by atoms with Crippen LogP contribution in [0, 0.1) is 10.8 Å². The minimum Gasteiger partial charge on any atom is -0.462 e. The van der Waals surface area contributed by atoms with Crippen molar-refractivity contribution in [2.45, 2.75) is 39.5 Å². The molecule has 3 aliphatic carbocycles. The maximum atomic E-state index is 12.5. The molecule has 3 heteroatoms. The lowest BCUT2D eigenvalue weighted by atomic mass is 9.33. The van der Waals surface area contributed by atoms with Crippen molar-refractivity contribution in [3.63, 3.8) is 0 Å². The van der Waals surface area contributed by atoms with Gasteiger partial charge < -0.3 is 4.74 Å². The highest BCUT2D eigenvalue weighted by Crippen LogP contribution is 2.75. The van der Waals surface area contributed by atoms with Gasteiger partial charge in [0.05, 0.1) is 12.2 Å². The number of hydrogen-bond acceptors (Lipinski definition) is 3. The lowest BCUT2D eigenvalue weighted by molar-refractivity contribution is -0.169. The van der Waals surface area contributed by atoms with Gasteiger partial charge in [0.2, 0.25) is 0 Å². The summed E-state index contributed by atoms with van der Waals surface area (Å²) in [6.07, 6.45) is 4.34. The maximum absolute atomic E-state index is 12.5. The van der Waals surface area contributed by atoms with E-state index in [0.717, 1.165) is 24.8 Å². The van der Waals surface area contributed by atoms with Crippen LogP contribution in [0.25, 0.3) is 0 Å². The predicted molar refractivity (Wildman–Crippen MR) is 75.7 cm³/mol. The molecule has 3 saturated carbocycles. The normalized spacial score (nSPS) is 30.1. The van der Waals surface area contributed by atoms with Gasteiger partial charge in [-0.1, -0.05) is 25.5 Å². The van der Waals surface area contributed by atoms with E-state index < -0.39 is 0 Å². The number of Topliss-reactive ketones (excluding diaryl/α,β-unsaturated/α-hetero) is 1. The van der Waals surface area contributed by atoms with Gasteiger partial charge in [0.25, 0.3) is 0 Å². The Hall–Kier alpha value is -1.64. The van der Waals surface area contributed by atoms with Crippen LogP contribution >= 0.6 is 0 Å². The molecule has 0 saturated heterocycles. The second-order valence-electron chi connectivity index (χ2n) is 6.29. The van der Waals surface area contributed by atoms with Gasteiger partial charge in [0.1, 0.15) is 0 Å². The van der Waals surface area contributed by atoms with E-state index in [0.29, 0.717) is 17.6 Å². The highest BCUT2D eigenvalue weighted by Gasteiger charge is 2.69. The molecular formula is C17H20O3. The molecule has 0 radical (unpaired) electrons. The van der Waals surface area contributed by atoms with Crippen LogP contribution in [0.1, 0.15) is 60.2 Å². The minimum absolute atomic E-state index is 0.0819. The van der Waals surface area contributed by atoms with Crippen molar-refractivity contribution < 1.29 is 14.3 Å². The first-order chi connectivity index (χ1) is 9.54. The number of carbonyl (C=O) groups excluding carboxylic acids is 2. The second kappa shape index (κ2) is 4.44. The van der Waals surface area contributed by atoms with Gasteiger partial charge in [0.15, 0.2) is 5.78 Å². The number of hydrogen-bond donors (Lipinski definition) is 0. The molecule has 3 aliphatic rings. The van der Waals surface area contributed by atoms with Crippen LogP contribution in [0.3, 0.4) is 0 Å². The molecule has 0 aliphatic heterocycles. The van der Waals surface area contributed by atoms with Crippen molar-refractivity contribution >= 4 is 11.8 Å². The topological polar surface area (TPSA) is 43.4 Å². The molecule has 106 valence electrons. The Morgan fingerprint density at radius 1 is 1.05 bits per heavy atom. The first kappa shape index (κ1) is 13.3. The fourth-order valence-electron chi connectivity index (χ4n) is 3.89. The quantitative estimate of drug-likeness (QED) is 0.607. The van der Waals surface area contributed by atoms with E-state index in [1.54, 1.807) is 31.2 Å². The molecular weight excluding hydrogens is 252 g/mol. The van der Waals surface area contributed by atoms with Crippen LogP contribution in [0.5, 0.6) is 0 Å². The molecule has 4 rings (SSSR count). The molecule has 3 nitrogen and oxygen atoms in total. The van der Waals surface area contributed by atoms with E-state index in [2.05, 4.69) is 6.92 Å². The molecule has 0 aromatic heterocycles. The third-order valence-corrected chi connectivity index (χ3v) is 5.03. The largest absolute Gasteiger partial charge is 0.462 e. The zero-order valence-electron chi connectivity index (χ0n) is 12.1. The molecule has 0 amide bonds. The van der Waals surface area contributed by atoms with E-state index in [1.165, 1.54) is 6.42 Å². The van der Waals surface area contributed by atoms with E-state index in [9.17, 15) is 9.59 Å². The lowest BCUT2D eigenvalue weighted by Crippen LogP contribution is -2.64. The molecule has 0 heterocycles. The molecule has 2 bridgehead atoms. The number of benzene rings is 1. The Kier molecular flexibility index (Phi) is 2.96. The van der Waals surface area contributed by atoms with Gasteiger partial charge in [0, 0.05) is 11.0 Å². The van der Waals surface area contributed by atoms with Gasteiger partial charge in [-0.25, -0.2) is 4.79 Å². The Labute approximate surface area is 119 Å². The molecule has 1 aromatic carbocycles. The van der Waals surface area contributed by atoms with Crippen molar-refractivity contribution in [2.75, 3.05) is 6.61 Å². The van der Waals surface area contributed by atoms with Crippen LogP contribution in [-0.4, -0.2) is 18.4 Å². The summed E-state index contributed by atoms with van der Waals surface area (Å²) in [5, 5.41) is 0. The molecule has 0 spiro atoms. The molecule has 3 fully saturated rings. The smallest absolute Gasteiger partial charge is 0.338 e. The van der Waals surface area contributed by atoms with Gasteiger partial charge >= 0.3 is 5.97 Å². The van der Waals surface area contributed by atoms with Gasteiger partial charge in [-0.3, -0.25) is 4.79 Å². The lowest BCUT2D eigenvalue weighted by Gasteiger charge is -2.70. The van der Waals surface area contributed by atoms with Gasteiger partial charge in [-0.15, -0.1) is 0 Å². The average molecular weight is 272 g/mol. The number of ketones is 1. The van der Waals surface area contributed by atoms with Crippen molar-refractivity contribution in [2.24, 2.45) is 10.8 Å². The standard InChI is InChI=1S/C17H20O3/c1-3-16-9-17(10-16,11-16)14(18)12-5-7-13(8-6-12)15(19)20-4-2/h5-8H,3-4,9-11H2,1-2H3. The number of rotatable bonds is 5. The molecule has 20 heavy (non-hydrogen) atoms. The molecule has 0 atom stereocenters. The number of ether oxygens (including phenoxy) is 1. The zero-order chi connectivity index (χ0) is 14.4. The molecule has 0 N–H and O–H groups in total. The van der Waals surface area contributed by atoms with Crippen molar-refractivity contribution in [1.29, 1.82) is 0 Å². The fourth-order valence-corrected chi connectivity index (χ4v) is 3.89. The summed E-state index contributed by atoms with van der Waals surface area (Å²) in [6, 6.07) is 6.89. The third-order valence-electron chi connectivity index (χ3n) is 5.03. The van der Waals surface area contributed by atoms with Crippen molar-refractivity contribution in [1.82, 2.24) is 0 Å². The van der Waals surface area contributed by atoms with Crippen LogP contribution in [0.15, 0.2) is 24.3 Å². The van der Waals surface area contributed by atoms with E-state index in [-0.39, 0.29) is 17.2 Å². The predicted octanol–water partition coefficient (Wildman–Crippen LogP) is 3.63. The Morgan fingerprint density at radius 2 is 1.60 bits per heavy atom. The molecule has 0 unspecified atom stereocenters. The summed E-state index contributed by atoms with van der Waals surface area (Å²) in [4.78, 5) is 24.1. The minimum atomic E-state index is -0.332. The second-order valence-corrected chi connectivity index (χ2v) is 6.29. The van der Waals surface area contributed by atoms with Crippen LogP contribution < -0.4 is 0 Å². The van der Waals surface area contributed by atoms with Crippen LogP contribution in [0.2, 0.25) is 0 Å². The summed E-state index contributed by atoms with van der Waals surface area (Å²) < 4.78 is 4.94. The highest BCUT2D eigenvalue weighted by atomic mass is 16.5. The maximum Gasteiger partial charge on any atom is 0.338 e. The van der Waals surface area contributed by atoms with Crippen LogP contribution in [-0.2, 0) is 4.74 Å². The monoisotopic (exact) mass is 272 g/mol. The Bertz CT molecular complexity index is 536. The van der Waals surface area contributed by atoms with Gasteiger partial charge in [-0.2, -0.15) is 0 Å². The zero-order valence-corrected chi connectivity index (χ0v) is 12.1. The Balaban J connectivity index is 1.70. The summed E-state index contributed by atoms with van der Waals surface area (Å²) in [6.45, 7) is 4.35. The van der Waals surface area contributed by atoms with Crippen molar-refractivity contribution in [3.8, 4) is 0 Å². The van der Waals surface area contributed by atoms with E-state index in [1.807, 2.05) is 0 Å². The first-order valence-corrected chi connectivity index (χ1v) is 7.36. The summed E-state index contributed by atoms with van der Waals surface area (Å²) >= 11 is 0. The fraction of sp³-hybridized carbons (Fsp3) is 0.529. The summed E-state index contributed by atoms with van der Waals surface area (Å²) in [5.41, 5.74) is 1.62. The average Bonchev–Trinajstić information content (AvgIpc) is 2.36. The molecule has 1 aromatic rings.